The molecule has 1 aliphatic rings. The molecule has 3 N–H and O–H groups in total. The summed E-state index contributed by atoms with van der Waals surface area (Å²) >= 11 is 0. The van der Waals surface area contributed by atoms with Gasteiger partial charge in [-0.15, -0.1) is 0 Å². The number of nitrogens with one attached hydrogen (secondary N) is 1. The topological polar surface area (TPSA) is 110 Å². The molecule has 1 amide bonds. The van der Waals surface area contributed by atoms with Gasteiger partial charge in [0.15, 0.2) is 0 Å². The predicted octanol–water partition coefficient (Wildman–Crippen LogP) is 4.00. The van der Waals surface area contributed by atoms with Gasteiger partial charge in [0.1, 0.15) is 0 Å². The first-order chi connectivity index (χ1) is 17.9. The number of nitrogens with zero attached hydrogens (tertiary/aromatic N) is 4. The number of aromatic nitrogens is 2. The fraction of sp³-hybridized carbons (Fsp3) is 0.250. The molecule has 0 unspecified atom stereocenters. The van der Waals surface area contributed by atoms with E-state index >= 15 is 0 Å². The van der Waals surface area contributed by atoms with Crippen molar-refractivity contribution >= 4 is 17.5 Å². The number of amides is 1. The highest BCUT2D eigenvalue weighted by Crippen LogP contribution is 2.37. The molecule has 1 saturated heterocycles. The third kappa shape index (κ3) is 5.04. The molecule has 0 bridgehead atoms. The van der Waals surface area contributed by atoms with Gasteiger partial charge in [0, 0.05) is 48.6 Å². The summed E-state index contributed by atoms with van der Waals surface area (Å²) in [5.74, 6) is 0.184. The number of para-hydroxylation sites is 1. The summed E-state index contributed by atoms with van der Waals surface area (Å²) in [5, 5.41) is 3.68. The molecule has 1 aliphatic heterocycles. The smallest absolute Gasteiger partial charge is 0.275 e. The quantitative estimate of drug-likeness (QED) is 0.384. The molecule has 5 rings (SSSR count). The highest BCUT2D eigenvalue weighted by molar-refractivity contribution is 6.03. The van der Waals surface area contributed by atoms with Crippen molar-refractivity contribution in [3.63, 3.8) is 0 Å². The van der Waals surface area contributed by atoms with Crippen molar-refractivity contribution in [1.29, 1.82) is 0 Å². The number of carbonyl (C=O) groups excluding carboxylic acids is 1. The minimum absolute atomic E-state index is 0.102. The number of hydrogen-bond acceptors (Lipinski definition) is 8. The van der Waals surface area contributed by atoms with E-state index in [1.165, 1.54) is 7.11 Å². The summed E-state index contributed by atoms with van der Waals surface area (Å²) in [4.78, 5) is 26.8. The molecule has 9 heteroatoms. The van der Waals surface area contributed by atoms with Gasteiger partial charge in [0.05, 0.1) is 7.11 Å². The van der Waals surface area contributed by atoms with Crippen LogP contribution in [-0.2, 0) is 4.84 Å². The highest BCUT2D eigenvalue weighted by Gasteiger charge is 2.22. The van der Waals surface area contributed by atoms with E-state index in [-0.39, 0.29) is 11.9 Å². The first-order valence-corrected chi connectivity index (χ1v) is 12.2. The largest absolute Gasteiger partial charge is 0.368 e. The Bertz CT molecular complexity index is 1430. The second-order valence-electron chi connectivity index (χ2n) is 9.19. The second kappa shape index (κ2) is 10.4. The van der Waals surface area contributed by atoms with Gasteiger partial charge in [0.2, 0.25) is 0 Å². The Balaban J connectivity index is 1.60. The van der Waals surface area contributed by atoms with Crippen LogP contribution in [0, 0.1) is 6.92 Å². The number of carbonyl (C=O) groups is 1. The lowest BCUT2D eigenvalue weighted by Gasteiger charge is -2.35. The van der Waals surface area contributed by atoms with Crippen molar-refractivity contribution in [3.05, 3.63) is 71.8 Å². The number of hydroxylamine groups is 1. The number of piperazine rings is 1. The van der Waals surface area contributed by atoms with Gasteiger partial charge in [-0.1, -0.05) is 30.3 Å². The van der Waals surface area contributed by atoms with Crippen LogP contribution in [0.15, 0.2) is 65.2 Å². The number of benzene rings is 3. The average molecular weight is 499 g/mol. The van der Waals surface area contributed by atoms with E-state index in [9.17, 15) is 4.79 Å². The lowest BCUT2D eigenvalue weighted by atomic mass is 9.91. The SMILES string of the molecule is CONC(=O)c1ccc(-c2ccc(-c3nc(N)no3)cc2C)cc1-c1ccccc1N1CCN(C)CC1. The number of nitrogen functional groups attached to an aromatic ring is 1. The van der Waals surface area contributed by atoms with E-state index in [2.05, 4.69) is 50.7 Å². The molecule has 3 aromatic carbocycles. The molecule has 1 aromatic heterocycles. The number of likely N-dealkylation sites (N-methyl/N-ethyl adjacent to an activating group) is 1. The van der Waals surface area contributed by atoms with Gasteiger partial charge in [-0.2, -0.15) is 4.98 Å². The van der Waals surface area contributed by atoms with E-state index in [1.54, 1.807) is 0 Å². The molecule has 1 fully saturated rings. The van der Waals surface area contributed by atoms with Crippen LogP contribution in [0.1, 0.15) is 15.9 Å². The van der Waals surface area contributed by atoms with Gasteiger partial charge in [-0.05, 0) is 71.7 Å². The van der Waals surface area contributed by atoms with E-state index in [0.29, 0.717) is 11.5 Å². The molecule has 0 aliphatic carbocycles. The lowest BCUT2D eigenvalue weighted by molar-refractivity contribution is 0.0538. The minimum Gasteiger partial charge on any atom is -0.368 e. The van der Waals surface area contributed by atoms with Crippen molar-refractivity contribution < 1.29 is 14.2 Å². The Morgan fingerprint density at radius 1 is 0.973 bits per heavy atom. The summed E-state index contributed by atoms with van der Waals surface area (Å²) < 4.78 is 5.22. The molecule has 37 heavy (non-hydrogen) atoms. The Labute approximate surface area is 215 Å². The third-order valence-electron chi connectivity index (χ3n) is 6.72. The zero-order valence-electron chi connectivity index (χ0n) is 21.2. The van der Waals surface area contributed by atoms with Crippen LogP contribution in [0.5, 0.6) is 0 Å². The average Bonchev–Trinajstić information content (AvgIpc) is 3.35. The zero-order valence-corrected chi connectivity index (χ0v) is 21.2. The van der Waals surface area contributed by atoms with E-state index in [0.717, 1.165) is 65.2 Å². The molecule has 9 nitrogen and oxygen atoms in total. The normalized spacial score (nSPS) is 14.1. The van der Waals surface area contributed by atoms with Gasteiger partial charge >= 0.3 is 0 Å². The maximum Gasteiger partial charge on any atom is 0.275 e. The van der Waals surface area contributed by atoms with Crippen LogP contribution in [0.3, 0.4) is 0 Å². The summed E-state index contributed by atoms with van der Waals surface area (Å²) in [7, 11) is 3.58. The minimum atomic E-state index is -0.293. The third-order valence-corrected chi connectivity index (χ3v) is 6.72. The molecule has 2 heterocycles. The first-order valence-electron chi connectivity index (χ1n) is 12.2. The summed E-state index contributed by atoms with van der Waals surface area (Å²) in [6.07, 6.45) is 0. The first kappa shape index (κ1) is 24.5. The van der Waals surface area contributed by atoms with Crippen LogP contribution in [0.4, 0.5) is 11.6 Å². The molecule has 0 spiro atoms. The molecule has 0 radical (unpaired) electrons. The van der Waals surface area contributed by atoms with E-state index in [1.807, 2.05) is 49.4 Å². The van der Waals surface area contributed by atoms with Gasteiger partial charge in [-0.3, -0.25) is 9.63 Å². The van der Waals surface area contributed by atoms with E-state index in [4.69, 9.17) is 15.1 Å². The Morgan fingerprint density at radius 2 is 1.73 bits per heavy atom. The number of hydrogen-bond donors (Lipinski definition) is 2. The van der Waals surface area contributed by atoms with Crippen molar-refractivity contribution in [1.82, 2.24) is 20.5 Å². The van der Waals surface area contributed by atoms with Gasteiger partial charge in [-0.25, -0.2) is 5.48 Å². The molecule has 0 saturated carbocycles. The maximum absolute atomic E-state index is 13.0. The Hall–Kier alpha value is -4.21. The Morgan fingerprint density at radius 3 is 2.43 bits per heavy atom. The Kier molecular flexibility index (Phi) is 6.89. The number of rotatable bonds is 6. The van der Waals surface area contributed by atoms with Crippen LogP contribution in [0.25, 0.3) is 33.7 Å². The fourth-order valence-electron chi connectivity index (χ4n) is 4.78. The maximum atomic E-state index is 13.0. The molecule has 190 valence electrons. The van der Waals surface area contributed by atoms with Crippen LogP contribution >= 0.6 is 0 Å². The lowest BCUT2D eigenvalue weighted by Crippen LogP contribution is -2.44. The van der Waals surface area contributed by atoms with Crippen LogP contribution in [0.2, 0.25) is 0 Å². The summed E-state index contributed by atoms with van der Waals surface area (Å²) in [5.41, 5.74) is 15.5. The number of anilines is 2. The predicted molar refractivity (Wildman–Crippen MR) is 144 cm³/mol. The summed E-state index contributed by atoms with van der Waals surface area (Å²) in [6, 6.07) is 20.1. The highest BCUT2D eigenvalue weighted by atomic mass is 16.6. The monoisotopic (exact) mass is 498 g/mol. The zero-order chi connectivity index (χ0) is 25.9. The summed E-state index contributed by atoms with van der Waals surface area (Å²) in [6.45, 7) is 5.86. The van der Waals surface area contributed by atoms with E-state index < -0.39 is 0 Å². The molecular formula is C28H30N6O3. The number of nitrogens with two attached hydrogens (primary N) is 1. The van der Waals surface area contributed by atoms with Crippen molar-refractivity contribution in [2.75, 3.05) is 51.0 Å². The van der Waals surface area contributed by atoms with Crippen LogP contribution < -0.4 is 16.1 Å². The molecule has 4 aromatic rings. The van der Waals surface area contributed by atoms with Crippen LogP contribution in [-0.4, -0.2) is 61.3 Å². The molecule has 0 atom stereocenters. The molecular weight excluding hydrogens is 468 g/mol. The van der Waals surface area contributed by atoms with Crippen molar-refractivity contribution in [2.24, 2.45) is 0 Å². The number of aryl methyl sites for hydroxylation is 1. The standard InChI is InChI=1S/C28H30N6O3/c1-18-16-20(27-30-28(29)32-37-27)9-10-21(18)19-8-11-23(26(35)31-36-3)24(17-19)22-6-4-5-7-25(22)34-14-12-33(2)13-15-34/h4-11,16-17H,12-15H2,1-3H3,(H2,29,32)(H,31,35). The van der Waals surface area contributed by atoms with Crippen molar-refractivity contribution in [3.8, 4) is 33.7 Å². The second-order valence-corrected chi connectivity index (χ2v) is 9.19. The fourth-order valence-corrected chi connectivity index (χ4v) is 4.78. The van der Waals surface area contributed by atoms with Gasteiger partial charge in [0.25, 0.3) is 17.7 Å². The van der Waals surface area contributed by atoms with Crippen molar-refractivity contribution in [2.45, 2.75) is 6.92 Å². The van der Waals surface area contributed by atoms with Gasteiger partial charge < -0.3 is 20.1 Å².